The average Bonchev–Trinajstić information content (AvgIpc) is 3.23. The summed E-state index contributed by atoms with van der Waals surface area (Å²) in [7, 11) is 0. The summed E-state index contributed by atoms with van der Waals surface area (Å²) in [5.74, 6) is 0.821. The summed E-state index contributed by atoms with van der Waals surface area (Å²) in [6.45, 7) is 3.75. The zero-order valence-corrected chi connectivity index (χ0v) is 16.2. The van der Waals surface area contributed by atoms with Gasteiger partial charge in [-0.1, -0.05) is 25.0 Å². The molecule has 5 heteroatoms. The maximum atomic E-state index is 13.0. The van der Waals surface area contributed by atoms with Gasteiger partial charge in [0.05, 0.1) is 0 Å². The smallest absolute Gasteiger partial charge is 0.254 e. The normalized spacial score (nSPS) is 22.4. The number of carbonyl (C=O) groups excluding carboxylic acids is 2. The van der Waals surface area contributed by atoms with E-state index in [1.807, 2.05) is 23.1 Å². The Kier molecular flexibility index (Phi) is 5.77. The molecule has 0 aromatic heterocycles. The van der Waals surface area contributed by atoms with Crippen molar-refractivity contribution in [2.45, 2.75) is 51.0 Å². The molecule has 1 aromatic rings. The van der Waals surface area contributed by atoms with Crippen molar-refractivity contribution in [1.82, 2.24) is 15.1 Å². The van der Waals surface area contributed by atoms with Crippen LogP contribution in [0.5, 0.6) is 0 Å². The molecule has 0 radical (unpaired) electrons. The molecular weight excluding hydrogens is 338 g/mol. The number of hydrogen-bond acceptors (Lipinski definition) is 3. The number of carbonyl (C=O) groups is 2. The van der Waals surface area contributed by atoms with Gasteiger partial charge in [-0.2, -0.15) is 0 Å². The molecule has 0 atom stereocenters. The van der Waals surface area contributed by atoms with E-state index in [2.05, 4.69) is 11.4 Å². The summed E-state index contributed by atoms with van der Waals surface area (Å²) in [4.78, 5) is 29.3. The van der Waals surface area contributed by atoms with Crippen molar-refractivity contribution in [2.24, 2.45) is 5.92 Å². The molecule has 2 heterocycles. The Labute approximate surface area is 162 Å². The Morgan fingerprint density at radius 1 is 1.07 bits per heavy atom. The van der Waals surface area contributed by atoms with Gasteiger partial charge in [0.2, 0.25) is 5.91 Å². The highest BCUT2D eigenvalue weighted by molar-refractivity contribution is 5.97. The number of hydrogen-bond donors (Lipinski definition) is 1. The predicted octanol–water partition coefficient (Wildman–Crippen LogP) is 2.46. The number of nitrogens with zero attached hydrogens (tertiary/aromatic N) is 2. The second kappa shape index (κ2) is 8.42. The van der Waals surface area contributed by atoms with Crippen LogP contribution in [-0.4, -0.2) is 60.4 Å². The van der Waals surface area contributed by atoms with Crippen LogP contribution in [0.1, 0.15) is 54.4 Å². The molecule has 2 aliphatic heterocycles. The first-order chi connectivity index (χ1) is 13.2. The average molecular weight is 370 g/mol. The number of amides is 2. The number of piperidine rings is 1. The first kappa shape index (κ1) is 18.5. The van der Waals surface area contributed by atoms with Gasteiger partial charge in [-0.15, -0.1) is 0 Å². The van der Waals surface area contributed by atoms with Crippen molar-refractivity contribution in [2.75, 3.05) is 32.7 Å². The number of nitrogens with one attached hydrogen (secondary N) is 1. The second-order valence-corrected chi connectivity index (χ2v) is 8.35. The van der Waals surface area contributed by atoms with E-state index >= 15 is 0 Å². The SMILES string of the molecule is O=C(c1cccc(CC2CCNCC2)c1)N1CCN(C2CCCC2)C(=O)C1. The van der Waals surface area contributed by atoms with Gasteiger partial charge >= 0.3 is 0 Å². The quantitative estimate of drug-likeness (QED) is 0.887. The third-order valence-electron chi connectivity index (χ3n) is 6.47. The van der Waals surface area contributed by atoms with Crippen molar-refractivity contribution in [3.63, 3.8) is 0 Å². The summed E-state index contributed by atoms with van der Waals surface area (Å²) < 4.78 is 0. The van der Waals surface area contributed by atoms with Gasteiger partial charge in [0.25, 0.3) is 5.91 Å². The van der Waals surface area contributed by atoms with E-state index in [1.54, 1.807) is 4.90 Å². The van der Waals surface area contributed by atoms with Crippen molar-refractivity contribution < 1.29 is 9.59 Å². The van der Waals surface area contributed by atoms with Gasteiger partial charge in [-0.05, 0) is 68.8 Å². The second-order valence-electron chi connectivity index (χ2n) is 8.35. The fraction of sp³-hybridized carbons (Fsp3) is 0.636. The number of piperazine rings is 1. The summed E-state index contributed by atoms with van der Waals surface area (Å²) in [5.41, 5.74) is 1.97. The molecule has 1 aromatic carbocycles. The topological polar surface area (TPSA) is 52.7 Å². The molecule has 0 unspecified atom stereocenters. The molecule has 0 bridgehead atoms. The lowest BCUT2D eigenvalue weighted by Gasteiger charge is -2.37. The van der Waals surface area contributed by atoms with Crippen molar-refractivity contribution in [3.05, 3.63) is 35.4 Å². The molecule has 1 N–H and O–H groups in total. The monoisotopic (exact) mass is 369 g/mol. The van der Waals surface area contributed by atoms with Crippen LogP contribution >= 0.6 is 0 Å². The maximum absolute atomic E-state index is 13.0. The van der Waals surface area contributed by atoms with E-state index in [1.165, 1.54) is 31.2 Å². The molecule has 0 spiro atoms. The number of benzene rings is 1. The molecule has 27 heavy (non-hydrogen) atoms. The van der Waals surface area contributed by atoms with Crippen LogP contribution in [0.3, 0.4) is 0 Å². The fourth-order valence-corrected chi connectivity index (χ4v) is 4.89. The van der Waals surface area contributed by atoms with Crippen LogP contribution in [0.2, 0.25) is 0 Å². The molecule has 4 rings (SSSR count). The van der Waals surface area contributed by atoms with Gasteiger partial charge in [0.15, 0.2) is 0 Å². The molecule has 3 fully saturated rings. The van der Waals surface area contributed by atoms with Gasteiger partial charge in [0.1, 0.15) is 6.54 Å². The van der Waals surface area contributed by atoms with Gasteiger partial charge in [0, 0.05) is 24.7 Å². The van der Waals surface area contributed by atoms with Gasteiger partial charge < -0.3 is 15.1 Å². The van der Waals surface area contributed by atoms with Crippen LogP contribution in [0.15, 0.2) is 24.3 Å². The Morgan fingerprint density at radius 2 is 1.85 bits per heavy atom. The van der Waals surface area contributed by atoms with Gasteiger partial charge in [-0.3, -0.25) is 9.59 Å². The lowest BCUT2D eigenvalue weighted by Crippen LogP contribution is -2.54. The lowest BCUT2D eigenvalue weighted by molar-refractivity contribution is -0.137. The summed E-state index contributed by atoms with van der Waals surface area (Å²) in [5, 5.41) is 3.40. The molecular formula is C22H31N3O2. The van der Waals surface area contributed by atoms with Crippen LogP contribution in [0.25, 0.3) is 0 Å². The van der Waals surface area contributed by atoms with E-state index < -0.39 is 0 Å². The first-order valence-electron chi connectivity index (χ1n) is 10.6. The minimum Gasteiger partial charge on any atom is -0.336 e. The minimum atomic E-state index is 0.00147. The lowest BCUT2D eigenvalue weighted by atomic mass is 9.90. The number of rotatable bonds is 4. The van der Waals surface area contributed by atoms with Crippen molar-refractivity contribution in [1.29, 1.82) is 0 Å². The van der Waals surface area contributed by atoms with Crippen LogP contribution in [0.4, 0.5) is 0 Å². The minimum absolute atomic E-state index is 0.00147. The molecule has 1 saturated carbocycles. The highest BCUT2D eigenvalue weighted by Crippen LogP contribution is 2.25. The first-order valence-corrected chi connectivity index (χ1v) is 10.6. The van der Waals surface area contributed by atoms with Crippen molar-refractivity contribution in [3.8, 4) is 0 Å². The Morgan fingerprint density at radius 3 is 2.59 bits per heavy atom. The predicted molar refractivity (Wildman–Crippen MR) is 106 cm³/mol. The third-order valence-corrected chi connectivity index (χ3v) is 6.47. The van der Waals surface area contributed by atoms with E-state index in [0.717, 1.165) is 37.9 Å². The highest BCUT2D eigenvalue weighted by atomic mass is 16.2. The largest absolute Gasteiger partial charge is 0.336 e. The maximum Gasteiger partial charge on any atom is 0.254 e. The van der Waals surface area contributed by atoms with Crippen LogP contribution in [0, 0.1) is 5.92 Å². The van der Waals surface area contributed by atoms with E-state index in [0.29, 0.717) is 25.0 Å². The molecule has 3 aliphatic rings. The molecule has 5 nitrogen and oxygen atoms in total. The molecule has 1 aliphatic carbocycles. The van der Waals surface area contributed by atoms with Crippen LogP contribution < -0.4 is 5.32 Å². The van der Waals surface area contributed by atoms with E-state index in [-0.39, 0.29) is 18.4 Å². The van der Waals surface area contributed by atoms with E-state index in [9.17, 15) is 9.59 Å². The molecule has 2 amide bonds. The third kappa shape index (κ3) is 4.34. The zero-order chi connectivity index (χ0) is 18.6. The standard InChI is InChI=1S/C22H31N3O2/c26-21-16-24(12-13-25(21)20-6-1-2-7-20)22(27)19-5-3-4-18(15-19)14-17-8-10-23-11-9-17/h3-5,15,17,20,23H,1-2,6-14,16H2. The van der Waals surface area contributed by atoms with Crippen molar-refractivity contribution >= 4 is 11.8 Å². The zero-order valence-electron chi connectivity index (χ0n) is 16.2. The Balaban J connectivity index is 1.37. The van der Waals surface area contributed by atoms with E-state index in [4.69, 9.17) is 0 Å². The fourth-order valence-electron chi connectivity index (χ4n) is 4.89. The summed E-state index contributed by atoms with van der Waals surface area (Å²) in [6, 6.07) is 8.45. The Hall–Kier alpha value is -1.88. The van der Waals surface area contributed by atoms with Crippen LogP contribution in [-0.2, 0) is 11.2 Å². The summed E-state index contributed by atoms with van der Waals surface area (Å²) >= 11 is 0. The molecule has 2 saturated heterocycles. The Bertz CT molecular complexity index is 678. The van der Waals surface area contributed by atoms with Gasteiger partial charge in [-0.25, -0.2) is 0 Å². The summed E-state index contributed by atoms with van der Waals surface area (Å²) in [6.07, 6.45) is 8.14. The highest BCUT2D eigenvalue weighted by Gasteiger charge is 2.33. The molecule has 146 valence electrons.